The largest absolute Gasteiger partial charge is 0.493 e. The van der Waals surface area contributed by atoms with Gasteiger partial charge in [-0.05, 0) is 25.3 Å². The van der Waals surface area contributed by atoms with Gasteiger partial charge in [-0.25, -0.2) is 0 Å². The van der Waals surface area contributed by atoms with E-state index in [0.717, 1.165) is 12.8 Å². The van der Waals surface area contributed by atoms with E-state index in [4.69, 9.17) is 4.74 Å². The maximum atomic E-state index is 10.7. The van der Waals surface area contributed by atoms with Crippen LogP contribution in [-0.4, -0.2) is 16.6 Å². The van der Waals surface area contributed by atoms with Crippen LogP contribution in [0.15, 0.2) is 18.2 Å². The van der Waals surface area contributed by atoms with E-state index in [2.05, 4.69) is 13.8 Å². The molecule has 0 radical (unpaired) electrons. The third-order valence-electron chi connectivity index (χ3n) is 2.96. The van der Waals surface area contributed by atoms with Crippen molar-refractivity contribution < 1.29 is 14.8 Å². The number of nitrogens with zero attached hydrogens (tertiary/aromatic N) is 1. The Balaban J connectivity index is 2.85. The van der Waals surface area contributed by atoms with Crippen LogP contribution in [0.1, 0.15) is 45.3 Å². The van der Waals surface area contributed by atoms with Gasteiger partial charge < -0.3 is 9.84 Å². The number of non-ortho nitro benzene ring substituents is 1. The lowest BCUT2D eigenvalue weighted by atomic mass is 10.1. The van der Waals surface area contributed by atoms with Crippen molar-refractivity contribution in [1.82, 2.24) is 0 Å². The van der Waals surface area contributed by atoms with Gasteiger partial charge in [0.05, 0.1) is 17.6 Å². The van der Waals surface area contributed by atoms with Crippen LogP contribution in [0.4, 0.5) is 5.69 Å². The van der Waals surface area contributed by atoms with E-state index in [0.29, 0.717) is 23.8 Å². The van der Waals surface area contributed by atoms with Crippen LogP contribution in [0.5, 0.6) is 5.75 Å². The molecule has 5 heteroatoms. The van der Waals surface area contributed by atoms with Gasteiger partial charge in [0.1, 0.15) is 5.75 Å². The highest BCUT2D eigenvalue weighted by molar-refractivity contribution is 5.44. The molecule has 0 aromatic heterocycles. The molecule has 0 amide bonds. The lowest BCUT2D eigenvalue weighted by Crippen LogP contribution is -2.10. The highest BCUT2D eigenvalue weighted by atomic mass is 16.6. The van der Waals surface area contributed by atoms with E-state index in [9.17, 15) is 15.2 Å². The molecule has 0 fully saturated rings. The van der Waals surface area contributed by atoms with E-state index in [-0.39, 0.29) is 5.69 Å². The number of hydrogen-bond acceptors (Lipinski definition) is 4. The number of nitro benzene ring substituents is 1. The smallest absolute Gasteiger partial charge is 0.270 e. The monoisotopic (exact) mass is 267 g/mol. The van der Waals surface area contributed by atoms with Crippen LogP contribution in [0.3, 0.4) is 0 Å². The summed E-state index contributed by atoms with van der Waals surface area (Å²) in [7, 11) is 0. The molecule has 0 aliphatic rings. The fourth-order valence-corrected chi connectivity index (χ4v) is 1.92. The first-order valence-electron chi connectivity index (χ1n) is 6.54. The number of nitro groups is 1. The highest BCUT2D eigenvalue weighted by Crippen LogP contribution is 2.29. The van der Waals surface area contributed by atoms with Crippen LogP contribution in [0.2, 0.25) is 0 Å². The van der Waals surface area contributed by atoms with Gasteiger partial charge in [-0.3, -0.25) is 10.1 Å². The van der Waals surface area contributed by atoms with Crippen molar-refractivity contribution in [1.29, 1.82) is 0 Å². The number of rotatable bonds is 7. The summed E-state index contributed by atoms with van der Waals surface area (Å²) in [5.41, 5.74) is 0.419. The molecule has 0 saturated heterocycles. The topological polar surface area (TPSA) is 72.6 Å². The molecule has 1 aromatic carbocycles. The molecule has 0 heterocycles. The van der Waals surface area contributed by atoms with Gasteiger partial charge in [0, 0.05) is 17.7 Å². The maximum Gasteiger partial charge on any atom is 0.270 e. The molecule has 0 saturated carbocycles. The molecule has 0 aliphatic heterocycles. The average Bonchev–Trinajstić information content (AvgIpc) is 2.36. The number of ether oxygens (including phenoxy) is 1. The predicted molar refractivity (Wildman–Crippen MR) is 73.3 cm³/mol. The summed E-state index contributed by atoms with van der Waals surface area (Å²) in [4.78, 5) is 10.2. The van der Waals surface area contributed by atoms with E-state index >= 15 is 0 Å². The lowest BCUT2D eigenvalue weighted by Gasteiger charge is -2.16. The summed E-state index contributed by atoms with van der Waals surface area (Å²) in [5, 5.41) is 20.4. The fourth-order valence-electron chi connectivity index (χ4n) is 1.92. The molecule has 1 N–H and O–H groups in total. The Morgan fingerprint density at radius 2 is 2.11 bits per heavy atom. The Bertz CT molecular complexity index is 431. The van der Waals surface area contributed by atoms with Gasteiger partial charge >= 0.3 is 0 Å². The maximum absolute atomic E-state index is 10.7. The van der Waals surface area contributed by atoms with Crippen LogP contribution >= 0.6 is 0 Å². The highest BCUT2D eigenvalue weighted by Gasteiger charge is 2.16. The van der Waals surface area contributed by atoms with Crippen LogP contribution in [-0.2, 0) is 0 Å². The summed E-state index contributed by atoms with van der Waals surface area (Å²) in [6.45, 7) is 6.33. The van der Waals surface area contributed by atoms with Crippen LogP contribution in [0.25, 0.3) is 0 Å². The van der Waals surface area contributed by atoms with Crippen molar-refractivity contribution in [2.75, 3.05) is 6.61 Å². The summed E-state index contributed by atoms with van der Waals surface area (Å²) in [5.74, 6) is 0.936. The van der Waals surface area contributed by atoms with E-state index in [1.807, 2.05) is 0 Å². The SMILES string of the molecule is CCCC(C)COc1ccc([N+](=O)[O-])cc1C(C)O. The van der Waals surface area contributed by atoms with Gasteiger partial charge in [-0.15, -0.1) is 0 Å². The Labute approximate surface area is 113 Å². The van der Waals surface area contributed by atoms with Crippen molar-refractivity contribution in [3.05, 3.63) is 33.9 Å². The molecule has 19 heavy (non-hydrogen) atoms. The Hall–Kier alpha value is -1.62. The van der Waals surface area contributed by atoms with E-state index in [1.165, 1.54) is 12.1 Å². The zero-order valence-electron chi connectivity index (χ0n) is 11.6. The molecular weight excluding hydrogens is 246 g/mol. The summed E-state index contributed by atoms with van der Waals surface area (Å²) in [6, 6.07) is 4.31. The van der Waals surface area contributed by atoms with Crippen molar-refractivity contribution >= 4 is 5.69 Å². The third-order valence-corrected chi connectivity index (χ3v) is 2.96. The molecule has 2 atom stereocenters. The Kier molecular flexibility index (Phi) is 5.76. The molecule has 0 bridgehead atoms. The van der Waals surface area contributed by atoms with Gasteiger partial charge in [-0.2, -0.15) is 0 Å². The number of aliphatic hydroxyl groups is 1. The van der Waals surface area contributed by atoms with Gasteiger partial charge in [0.2, 0.25) is 0 Å². The molecule has 1 rings (SSSR count). The average molecular weight is 267 g/mol. The Morgan fingerprint density at radius 1 is 1.42 bits per heavy atom. The second kappa shape index (κ2) is 7.09. The predicted octanol–water partition coefficient (Wildman–Crippen LogP) is 3.46. The number of benzene rings is 1. The van der Waals surface area contributed by atoms with Gasteiger partial charge in [0.25, 0.3) is 5.69 Å². The molecule has 106 valence electrons. The second-order valence-electron chi connectivity index (χ2n) is 4.86. The van der Waals surface area contributed by atoms with Crippen LogP contribution in [0, 0.1) is 16.0 Å². The summed E-state index contributed by atoms with van der Waals surface area (Å²) >= 11 is 0. The third kappa shape index (κ3) is 4.52. The van der Waals surface area contributed by atoms with Crippen molar-refractivity contribution in [3.8, 4) is 5.75 Å². The van der Waals surface area contributed by atoms with Crippen molar-refractivity contribution in [2.45, 2.75) is 39.7 Å². The van der Waals surface area contributed by atoms with E-state index in [1.54, 1.807) is 13.0 Å². The molecule has 0 aliphatic carbocycles. The van der Waals surface area contributed by atoms with E-state index < -0.39 is 11.0 Å². The van der Waals surface area contributed by atoms with Gasteiger partial charge in [0.15, 0.2) is 0 Å². The number of hydrogen-bond donors (Lipinski definition) is 1. The molecule has 0 spiro atoms. The first-order chi connectivity index (χ1) is 8.95. The summed E-state index contributed by atoms with van der Waals surface area (Å²) < 4.78 is 5.66. The lowest BCUT2D eigenvalue weighted by molar-refractivity contribution is -0.385. The zero-order chi connectivity index (χ0) is 14.4. The van der Waals surface area contributed by atoms with Crippen LogP contribution < -0.4 is 4.74 Å². The first kappa shape index (κ1) is 15.4. The van der Waals surface area contributed by atoms with Gasteiger partial charge in [-0.1, -0.05) is 20.3 Å². The molecule has 1 aromatic rings. The Morgan fingerprint density at radius 3 is 2.63 bits per heavy atom. The molecular formula is C14H21NO4. The van der Waals surface area contributed by atoms with Crippen molar-refractivity contribution in [2.24, 2.45) is 5.92 Å². The summed E-state index contributed by atoms with van der Waals surface area (Å²) in [6.07, 6.45) is 1.36. The minimum absolute atomic E-state index is 0.0372. The first-order valence-corrected chi connectivity index (χ1v) is 6.54. The standard InChI is InChI=1S/C14H21NO4/c1-4-5-10(2)9-19-14-7-6-12(15(17)18)8-13(14)11(3)16/h6-8,10-11,16H,4-5,9H2,1-3H3. The number of aliphatic hydroxyl groups excluding tert-OH is 1. The normalized spacial score (nSPS) is 13.9. The zero-order valence-corrected chi connectivity index (χ0v) is 11.6. The minimum Gasteiger partial charge on any atom is -0.493 e. The second-order valence-corrected chi connectivity index (χ2v) is 4.86. The molecule has 2 unspecified atom stereocenters. The quantitative estimate of drug-likeness (QED) is 0.606. The minimum atomic E-state index is -0.795. The fraction of sp³-hybridized carbons (Fsp3) is 0.571. The van der Waals surface area contributed by atoms with Crippen molar-refractivity contribution in [3.63, 3.8) is 0 Å². The molecule has 5 nitrogen and oxygen atoms in total.